The van der Waals surface area contributed by atoms with Crippen LogP contribution in [0.2, 0.25) is 0 Å². The maximum absolute atomic E-state index is 13.1. The topological polar surface area (TPSA) is 62.0 Å². The van der Waals surface area contributed by atoms with E-state index in [0.717, 1.165) is 22.5 Å². The largest absolute Gasteiger partial charge is 0.361 e. The van der Waals surface area contributed by atoms with E-state index < -0.39 is 15.8 Å². The van der Waals surface area contributed by atoms with Crippen LogP contribution >= 0.6 is 0 Å². The van der Waals surface area contributed by atoms with Crippen LogP contribution in [0.4, 0.5) is 4.39 Å². The Labute approximate surface area is 121 Å². The van der Waals surface area contributed by atoms with Crippen LogP contribution in [0.15, 0.2) is 59.6 Å². The van der Waals surface area contributed by atoms with Gasteiger partial charge in [0, 0.05) is 18.3 Å². The van der Waals surface area contributed by atoms with E-state index >= 15 is 0 Å². The summed E-state index contributed by atoms with van der Waals surface area (Å²) in [7, 11) is -3.72. The number of sulfonamides is 1. The summed E-state index contributed by atoms with van der Waals surface area (Å²) in [5, 5.41) is 1.06. The van der Waals surface area contributed by atoms with Gasteiger partial charge in [-0.15, -0.1) is 0 Å². The van der Waals surface area contributed by atoms with Crippen LogP contribution in [-0.2, 0) is 16.6 Å². The molecule has 0 unspecified atom stereocenters. The van der Waals surface area contributed by atoms with Gasteiger partial charge in [-0.3, -0.25) is 0 Å². The monoisotopic (exact) mass is 304 g/mol. The normalized spacial score (nSPS) is 11.9. The summed E-state index contributed by atoms with van der Waals surface area (Å²) in [4.78, 5) is 2.99. The summed E-state index contributed by atoms with van der Waals surface area (Å²) < 4.78 is 39.7. The molecule has 0 saturated carbocycles. The molecule has 0 saturated heterocycles. The molecule has 2 aromatic carbocycles. The third kappa shape index (κ3) is 2.96. The van der Waals surface area contributed by atoms with Crippen molar-refractivity contribution in [2.45, 2.75) is 11.4 Å². The van der Waals surface area contributed by atoms with Crippen molar-refractivity contribution < 1.29 is 12.8 Å². The highest BCUT2D eigenvalue weighted by Crippen LogP contribution is 2.15. The van der Waals surface area contributed by atoms with Crippen LogP contribution < -0.4 is 4.72 Å². The Morgan fingerprint density at radius 2 is 1.95 bits per heavy atom. The lowest BCUT2D eigenvalue weighted by Crippen LogP contribution is -2.23. The molecule has 0 amide bonds. The number of halogens is 1. The molecule has 6 heteroatoms. The van der Waals surface area contributed by atoms with E-state index in [4.69, 9.17) is 0 Å². The predicted molar refractivity (Wildman–Crippen MR) is 78.7 cm³/mol. The Bertz CT molecular complexity index is 887. The molecule has 1 aromatic heterocycles. The minimum Gasteiger partial charge on any atom is -0.361 e. The predicted octanol–water partition coefficient (Wildman–Crippen LogP) is 2.79. The second kappa shape index (κ2) is 5.31. The average molecular weight is 304 g/mol. The van der Waals surface area contributed by atoms with Crippen molar-refractivity contribution in [3.05, 3.63) is 66.1 Å². The molecule has 2 N–H and O–H groups in total. The number of rotatable bonds is 4. The van der Waals surface area contributed by atoms with Gasteiger partial charge in [0.05, 0.1) is 4.90 Å². The number of H-pyrrole nitrogens is 1. The fourth-order valence-electron chi connectivity index (χ4n) is 2.10. The zero-order valence-corrected chi connectivity index (χ0v) is 11.8. The molecule has 0 aliphatic heterocycles. The maximum atomic E-state index is 13.1. The second-order valence-electron chi connectivity index (χ2n) is 4.68. The number of benzene rings is 2. The van der Waals surface area contributed by atoms with Crippen molar-refractivity contribution in [3.63, 3.8) is 0 Å². The summed E-state index contributed by atoms with van der Waals surface area (Å²) in [5.74, 6) is -0.578. The van der Waals surface area contributed by atoms with E-state index in [1.807, 2.05) is 30.5 Å². The SMILES string of the molecule is O=S(=O)(NCc1ccc2cc[nH]c2c1)c1cccc(F)c1. The van der Waals surface area contributed by atoms with E-state index in [2.05, 4.69) is 9.71 Å². The Balaban J connectivity index is 1.79. The fraction of sp³-hybridized carbons (Fsp3) is 0.0667. The van der Waals surface area contributed by atoms with Crippen molar-refractivity contribution in [1.29, 1.82) is 0 Å². The van der Waals surface area contributed by atoms with Crippen LogP contribution in [0.3, 0.4) is 0 Å². The van der Waals surface area contributed by atoms with Crippen molar-refractivity contribution in [2.75, 3.05) is 0 Å². The molecule has 0 aliphatic rings. The fourth-order valence-corrected chi connectivity index (χ4v) is 3.15. The summed E-state index contributed by atoms with van der Waals surface area (Å²) in [6.07, 6.45) is 1.82. The number of aromatic amines is 1. The number of hydrogen-bond donors (Lipinski definition) is 2. The highest BCUT2D eigenvalue weighted by Gasteiger charge is 2.14. The third-order valence-corrected chi connectivity index (χ3v) is 4.59. The van der Waals surface area contributed by atoms with E-state index in [1.54, 1.807) is 0 Å². The zero-order valence-electron chi connectivity index (χ0n) is 11.0. The Kier molecular flexibility index (Phi) is 3.48. The lowest BCUT2D eigenvalue weighted by Gasteiger charge is -2.07. The van der Waals surface area contributed by atoms with Crippen LogP contribution in [0, 0.1) is 5.82 Å². The van der Waals surface area contributed by atoms with E-state index in [9.17, 15) is 12.8 Å². The number of nitrogens with one attached hydrogen (secondary N) is 2. The maximum Gasteiger partial charge on any atom is 0.240 e. The molecule has 0 fully saturated rings. The van der Waals surface area contributed by atoms with Crippen LogP contribution in [0.25, 0.3) is 10.9 Å². The number of fused-ring (bicyclic) bond motifs is 1. The first-order valence-electron chi connectivity index (χ1n) is 6.36. The Morgan fingerprint density at radius 1 is 1.10 bits per heavy atom. The van der Waals surface area contributed by atoms with Crippen molar-refractivity contribution >= 4 is 20.9 Å². The summed E-state index contributed by atoms with van der Waals surface area (Å²) in [6.45, 7) is 0.147. The molecule has 3 rings (SSSR count). The van der Waals surface area contributed by atoms with E-state index in [1.165, 1.54) is 18.2 Å². The molecule has 0 aliphatic carbocycles. The molecule has 0 radical (unpaired) electrons. The van der Waals surface area contributed by atoms with Gasteiger partial charge < -0.3 is 4.98 Å². The highest BCUT2D eigenvalue weighted by molar-refractivity contribution is 7.89. The van der Waals surface area contributed by atoms with Crippen LogP contribution in [-0.4, -0.2) is 13.4 Å². The highest BCUT2D eigenvalue weighted by atomic mass is 32.2. The Hall–Kier alpha value is -2.18. The minimum atomic E-state index is -3.72. The van der Waals surface area contributed by atoms with Crippen molar-refractivity contribution in [1.82, 2.24) is 9.71 Å². The molecule has 0 bridgehead atoms. The third-order valence-electron chi connectivity index (χ3n) is 3.19. The number of hydrogen-bond acceptors (Lipinski definition) is 2. The summed E-state index contributed by atoms with van der Waals surface area (Å²) in [5.41, 5.74) is 1.77. The van der Waals surface area contributed by atoms with Gasteiger partial charge in [-0.05, 0) is 41.3 Å². The molecular weight excluding hydrogens is 291 g/mol. The second-order valence-corrected chi connectivity index (χ2v) is 6.45. The van der Waals surface area contributed by atoms with Gasteiger partial charge in [0.15, 0.2) is 0 Å². The summed E-state index contributed by atoms with van der Waals surface area (Å²) in [6, 6.07) is 12.5. The first kappa shape index (κ1) is 13.8. The smallest absolute Gasteiger partial charge is 0.240 e. The zero-order chi connectivity index (χ0) is 14.9. The van der Waals surface area contributed by atoms with Gasteiger partial charge >= 0.3 is 0 Å². The van der Waals surface area contributed by atoms with E-state index in [0.29, 0.717) is 0 Å². The number of aromatic nitrogens is 1. The first-order chi connectivity index (χ1) is 10.0. The lowest BCUT2D eigenvalue weighted by atomic mass is 10.2. The van der Waals surface area contributed by atoms with Gasteiger partial charge in [0.2, 0.25) is 10.0 Å². The molecule has 1 heterocycles. The molecular formula is C15H13FN2O2S. The molecule has 108 valence electrons. The quantitative estimate of drug-likeness (QED) is 0.778. The molecule has 3 aromatic rings. The van der Waals surface area contributed by atoms with E-state index in [-0.39, 0.29) is 11.4 Å². The minimum absolute atomic E-state index is 0.0801. The van der Waals surface area contributed by atoms with Gasteiger partial charge in [0.1, 0.15) is 5.82 Å². The molecule has 21 heavy (non-hydrogen) atoms. The van der Waals surface area contributed by atoms with Gasteiger partial charge in [0.25, 0.3) is 0 Å². The van der Waals surface area contributed by atoms with Crippen molar-refractivity contribution in [3.8, 4) is 0 Å². The molecule has 4 nitrogen and oxygen atoms in total. The Morgan fingerprint density at radius 3 is 2.76 bits per heavy atom. The molecule has 0 spiro atoms. The summed E-state index contributed by atoms with van der Waals surface area (Å²) >= 11 is 0. The van der Waals surface area contributed by atoms with Gasteiger partial charge in [-0.2, -0.15) is 0 Å². The average Bonchev–Trinajstić information content (AvgIpc) is 2.93. The standard InChI is InChI=1S/C15H13FN2O2S/c16-13-2-1-3-14(9-13)21(19,20)18-10-11-4-5-12-6-7-17-15(12)8-11/h1-9,17-18H,10H2. The van der Waals surface area contributed by atoms with Gasteiger partial charge in [-0.1, -0.05) is 18.2 Å². The van der Waals surface area contributed by atoms with Crippen LogP contribution in [0.5, 0.6) is 0 Å². The van der Waals surface area contributed by atoms with Crippen LogP contribution in [0.1, 0.15) is 5.56 Å². The first-order valence-corrected chi connectivity index (χ1v) is 7.84. The van der Waals surface area contributed by atoms with Crippen molar-refractivity contribution in [2.24, 2.45) is 0 Å². The lowest BCUT2D eigenvalue weighted by molar-refractivity contribution is 0.577. The molecule has 0 atom stereocenters. The van der Waals surface area contributed by atoms with Gasteiger partial charge in [-0.25, -0.2) is 17.5 Å².